The molecule has 1 saturated carbocycles. The Hall–Kier alpha value is -0.0500. The first kappa shape index (κ1) is 14.4. The Bertz CT molecular complexity index is 394. The summed E-state index contributed by atoms with van der Waals surface area (Å²) >= 11 is 9.53. The van der Waals surface area contributed by atoms with Crippen LogP contribution in [-0.4, -0.2) is 6.04 Å². The molecule has 0 aromatic heterocycles. The second kappa shape index (κ2) is 6.93. The van der Waals surface area contributed by atoms with Crippen LogP contribution in [0.3, 0.4) is 0 Å². The van der Waals surface area contributed by atoms with Crippen molar-refractivity contribution in [2.75, 3.05) is 0 Å². The van der Waals surface area contributed by atoms with Crippen LogP contribution in [0, 0.1) is 5.92 Å². The van der Waals surface area contributed by atoms with Gasteiger partial charge in [0.1, 0.15) is 0 Å². The van der Waals surface area contributed by atoms with Gasteiger partial charge < -0.3 is 5.32 Å². The summed E-state index contributed by atoms with van der Waals surface area (Å²) in [6.45, 7) is 3.29. The summed E-state index contributed by atoms with van der Waals surface area (Å²) in [7, 11) is 0. The zero-order chi connectivity index (χ0) is 13.0. The third-order valence-electron chi connectivity index (χ3n) is 3.84. The van der Waals surface area contributed by atoms with Gasteiger partial charge in [0, 0.05) is 17.1 Å². The molecule has 1 fully saturated rings. The highest BCUT2D eigenvalue weighted by atomic mass is 79.9. The van der Waals surface area contributed by atoms with Crippen molar-refractivity contribution in [3.63, 3.8) is 0 Å². The van der Waals surface area contributed by atoms with Crippen molar-refractivity contribution in [1.29, 1.82) is 0 Å². The Morgan fingerprint density at radius 3 is 2.89 bits per heavy atom. The Morgan fingerprint density at radius 2 is 2.11 bits per heavy atom. The Kier molecular flexibility index (Phi) is 5.53. The van der Waals surface area contributed by atoms with E-state index in [0.29, 0.717) is 6.04 Å². The standard InChI is InChI=1S/C15H21BrClN/c1-11-3-2-4-13(7-5-11)18-10-12-6-8-14(16)15(17)9-12/h6,8-9,11,13,18H,2-5,7,10H2,1H3. The van der Waals surface area contributed by atoms with Crippen LogP contribution >= 0.6 is 27.5 Å². The number of hydrogen-bond acceptors (Lipinski definition) is 1. The average Bonchev–Trinajstić information content (AvgIpc) is 2.56. The van der Waals surface area contributed by atoms with Crippen molar-refractivity contribution in [2.24, 2.45) is 5.92 Å². The SMILES string of the molecule is CC1CCCC(NCc2ccc(Br)c(Cl)c2)CC1. The molecule has 0 heterocycles. The van der Waals surface area contributed by atoms with Crippen LogP contribution in [0.5, 0.6) is 0 Å². The van der Waals surface area contributed by atoms with Gasteiger partial charge in [-0.2, -0.15) is 0 Å². The van der Waals surface area contributed by atoms with Crippen molar-refractivity contribution in [2.45, 2.75) is 51.6 Å². The third-order valence-corrected chi connectivity index (χ3v) is 5.07. The smallest absolute Gasteiger partial charge is 0.0551 e. The summed E-state index contributed by atoms with van der Waals surface area (Å²) in [4.78, 5) is 0. The molecule has 0 aliphatic heterocycles. The first-order valence-corrected chi connectivity index (χ1v) is 7.99. The van der Waals surface area contributed by atoms with Crippen LogP contribution in [0.1, 0.15) is 44.6 Å². The second-order valence-electron chi connectivity index (χ2n) is 5.44. The maximum absolute atomic E-state index is 6.11. The van der Waals surface area contributed by atoms with E-state index in [0.717, 1.165) is 22.0 Å². The van der Waals surface area contributed by atoms with Gasteiger partial charge in [-0.1, -0.05) is 37.4 Å². The highest BCUT2D eigenvalue weighted by Gasteiger charge is 2.15. The molecule has 1 aromatic carbocycles. The molecule has 18 heavy (non-hydrogen) atoms. The molecule has 1 aliphatic carbocycles. The largest absolute Gasteiger partial charge is 0.310 e. The van der Waals surface area contributed by atoms with E-state index in [4.69, 9.17) is 11.6 Å². The van der Waals surface area contributed by atoms with Gasteiger partial charge in [-0.25, -0.2) is 0 Å². The zero-order valence-electron chi connectivity index (χ0n) is 10.9. The van der Waals surface area contributed by atoms with Crippen molar-refractivity contribution in [3.05, 3.63) is 33.3 Å². The fourth-order valence-electron chi connectivity index (χ4n) is 2.60. The van der Waals surface area contributed by atoms with Gasteiger partial charge in [-0.05, 0) is 58.8 Å². The molecule has 0 radical (unpaired) electrons. The highest BCUT2D eigenvalue weighted by Crippen LogP contribution is 2.25. The monoisotopic (exact) mass is 329 g/mol. The van der Waals surface area contributed by atoms with Crippen molar-refractivity contribution in [1.82, 2.24) is 5.32 Å². The van der Waals surface area contributed by atoms with E-state index in [1.54, 1.807) is 0 Å². The molecule has 0 spiro atoms. The summed E-state index contributed by atoms with van der Waals surface area (Å²) in [5.74, 6) is 0.902. The van der Waals surface area contributed by atoms with Crippen molar-refractivity contribution in [3.8, 4) is 0 Å². The summed E-state index contributed by atoms with van der Waals surface area (Å²) in [6.07, 6.45) is 6.74. The third kappa shape index (κ3) is 4.25. The average molecular weight is 331 g/mol. The molecule has 0 saturated heterocycles. The lowest BCUT2D eigenvalue weighted by molar-refractivity contribution is 0.447. The fourth-order valence-corrected chi connectivity index (χ4v) is 3.05. The summed E-state index contributed by atoms with van der Waals surface area (Å²) in [5, 5.41) is 4.47. The zero-order valence-corrected chi connectivity index (χ0v) is 13.2. The first-order chi connectivity index (χ1) is 8.65. The van der Waals surface area contributed by atoms with Gasteiger partial charge in [0.05, 0.1) is 5.02 Å². The minimum absolute atomic E-state index is 0.678. The molecule has 1 N–H and O–H groups in total. The Balaban J connectivity index is 1.85. The number of rotatable bonds is 3. The molecule has 1 aromatic rings. The van der Waals surface area contributed by atoms with E-state index >= 15 is 0 Å². The van der Waals surface area contributed by atoms with Crippen LogP contribution in [0.2, 0.25) is 5.02 Å². The predicted octanol–water partition coefficient (Wildman–Crippen LogP) is 5.16. The molecule has 0 bridgehead atoms. The molecular formula is C15H21BrClN. The van der Waals surface area contributed by atoms with E-state index < -0.39 is 0 Å². The molecule has 2 atom stereocenters. The lowest BCUT2D eigenvalue weighted by atomic mass is 10.0. The van der Waals surface area contributed by atoms with E-state index in [1.807, 2.05) is 12.1 Å². The first-order valence-electron chi connectivity index (χ1n) is 6.82. The second-order valence-corrected chi connectivity index (χ2v) is 6.70. The summed E-state index contributed by atoms with van der Waals surface area (Å²) in [6, 6.07) is 6.87. The van der Waals surface area contributed by atoms with Crippen LogP contribution in [0.4, 0.5) is 0 Å². The molecule has 100 valence electrons. The maximum Gasteiger partial charge on any atom is 0.0551 e. The number of halogens is 2. The van der Waals surface area contributed by atoms with E-state index in [9.17, 15) is 0 Å². The van der Waals surface area contributed by atoms with Crippen molar-refractivity contribution < 1.29 is 0 Å². The van der Waals surface area contributed by atoms with Gasteiger partial charge >= 0.3 is 0 Å². The van der Waals surface area contributed by atoms with Crippen LogP contribution in [0.25, 0.3) is 0 Å². The lowest BCUT2D eigenvalue weighted by Crippen LogP contribution is -2.27. The van der Waals surface area contributed by atoms with Gasteiger partial charge in [0.2, 0.25) is 0 Å². The van der Waals surface area contributed by atoms with E-state index in [-0.39, 0.29) is 0 Å². The fraction of sp³-hybridized carbons (Fsp3) is 0.600. The maximum atomic E-state index is 6.11. The molecule has 2 rings (SSSR count). The van der Waals surface area contributed by atoms with Gasteiger partial charge in [0.25, 0.3) is 0 Å². The van der Waals surface area contributed by atoms with Crippen LogP contribution < -0.4 is 5.32 Å². The Labute approximate surface area is 123 Å². The number of benzene rings is 1. The molecular weight excluding hydrogens is 310 g/mol. The van der Waals surface area contributed by atoms with Gasteiger partial charge in [0.15, 0.2) is 0 Å². The predicted molar refractivity (Wildman–Crippen MR) is 82.0 cm³/mol. The lowest BCUT2D eigenvalue weighted by Gasteiger charge is -2.16. The molecule has 1 aliphatic rings. The van der Waals surface area contributed by atoms with Gasteiger partial charge in [-0.15, -0.1) is 0 Å². The topological polar surface area (TPSA) is 12.0 Å². The number of hydrogen-bond donors (Lipinski definition) is 1. The van der Waals surface area contributed by atoms with Crippen LogP contribution in [0.15, 0.2) is 22.7 Å². The molecule has 1 nitrogen and oxygen atoms in total. The Morgan fingerprint density at radius 1 is 1.28 bits per heavy atom. The van der Waals surface area contributed by atoms with Crippen LogP contribution in [-0.2, 0) is 6.54 Å². The highest BCUT2D eigenvalue weighted by molar-refractivity contribution is 9.10. The summed E-state index contributed by atoms with van der Waals surface area (Å²) < 4.78 is 0.969. The summed E-state index contributed by atoms with van der Waals surface area (Å²) in [5.41, 5.74) is 1.26. The molecule has 3 heteroatoms. The van der Waals surface area contributed by atoms with Crippen molar-refractivity contribution >= 4 is 27.5 Å². The minimum atomic E-state index is 0.678. The van der Waals surface area contributed by atoms with E-state index in [2.05, 4.69) is 34.2 Å². The molecule has 2 unspecified atom stereocenters. The van der Waals surface area contributed by atoms with Gasteiger partial charge in [-0.3, -0.25) is 0 Å². The quantitative estimate of drug-likeness (QED) is 0.755. The number of nitrogens with one attached hydrogen (secondary N) is 1. The molecule has 0 amide bonds. The van der Waals surface area contributed by atoms with E-state index in [1.165, 1.54) is 37.7 Å². The normalized spacial score (nSPS) is 24.8. The minimum Gasteiger partial charge on any atom is -0.310 e.